The number of aryl methyl sites for hydroxylation is 2. The van der Waals surface area contributed by atoms with Crippen molar-refractivity contribution in [1.82, 2.24) is 9.78 Å². The van der Waals surface area contributed by atoms with Gasteiger partial charge in [0.1, 0.15) is 0 Å². The van der Waals surface area contributed by atoms with Crippen LogP contribution in [0.1, 0.15) is 27.3 Å². The summed E-state index contributed by atoms with van der Waals surface area (Å²) in [5.41, 5.74) is 9.75. The lowest BCUT2D eigenvalue weighted by molar-refractivity contribution is 0.0991. The first-order valence-corrected chi connectivity index (χ1v) is 6.53. The van der Waals surface area contributed by atoms with E-state index in [4.69, 9.17) is 5.73 Å². The second kappa shape index (κ2) is 5.46. The average molecular weight is 272 g/mol. The van der Waals surface area contributed by atoms with Gasteiger partial charge in [-0.25, -0.2) is 0 Å². The van der Waals surface area contributed by atoms with Crippen molar-refractivity contribution in [3.05, 3.63) is 46.8 Å². The van der Waals surface area contributed by atoms with Crippen molar-refractivity contribution < 1.29 is 4.79 Å². The third-order valence-corrected chi connectivity index (χ3v) is 3.56. The Morgan fingerprint density at radius 1 is 1.40 bits per heavy atom. The smallest absolute Gasteiger partial charge is 0.261 e. The fourth-order valence-corrected chi connectivity index (χ4v) is 2.26. The van der Waals surface area contributed by atoms with Crippen molar-refractivity contribution in [3.63, 3.8) is 0 Å². The SMILES string of the molecule is Cc1nn(C)c(C)c1C(=O)N(C)c1cccc(CN)c1. The first-order valence-electron chi connectivity index (χ1n) is 6.53. The van der Waals surface area contributed by atoms with Gasteiger partial charge in [-0.15, -0.1) is 0 Å². The quantitative estimate of drug-likeness (QED) is 0.926. The van der Waals surface area contributed by atoms with Crippen LogP contribution >= 0.6 is 0 Å². The molecule has 20 heavy (non-hydrogen) atoms. The van der Waals surface area contributed by atoms with Gasteiger partial charge in [0.2, 0.25) is 0 Å². The van der Waals surface area contributed by atoms with Crippen molar-refractivity contribution in [2.75, 3.05) is 11.9 Å². The van der Waals surface area contributed by atoms with E-state index in [1.54, 1.807) is 16.6 Å². The lowest BCUT2D eigenvalue weighted by atomic mass is 10.1. The standard InChI is InChI=1S/C15H20N4O/c1-10-14(11(2)19(4)17-10)15(20)18(3)13-7-5-6-12(8-13)9-16/h5-8H,9,16H2,1-4H3. The summed E-state index contributed by atoms with van der Waals surface area (Å²) in [6.45, 7) is 4.21. The maximum absolute atomic E-state index is 12.6. The number of carbonyl (C=O) groups excluding carboxylic acids is 1. The van der Waals surface area contributed by atoms with Crippen molar-refractivity contribution in [2.45, 2.75) is 20.4 Å². The van der Waals surface area contributed by atoms with E-state index in [0.29, 0.717) is 12.1 Å². The third kappa shape index (κ3) is 2.44. The van der Waals surface area contributed by atoms with Gasteiger partial charge in [0.25, 0.3) is 5.91 Å². The van der Waals surface area contributed by atoms with Crippen molar-refractivity contribution in [1.29, 1.82) is 0 Å². The number of benzene rings is 1. The molecule has 0 aliphatic heterocycles. The van der Waals surface area contributed by atoms with E-state index in [1.165, 1.54) is 0 Å². The zero-order valence-electron chi connectivity index (χ0n) is 12.3. The van der Waals surface area contributed by atoms with Gasteiger partial charge < -0.3 is 10.6 Å². The van der Waals surface area contributed by atoms with E-state index < -0.39 is 0 Å². The molecular weight excluding hydrogens is 252 g/mol. The molecule has 1 aromatic heterocycles. The second-order valence-electron chi connectivity index (χ2n) is 4.91. The van der Waals surface area contributed by atoms with Crippen LogP contribution in [0.5, 0.6) is 0 Å². The molecule has 2 N–H and O–H groups in total. The fraction of sp³-hybridized carbons (Fsp3) is 0.333. The predicted octanol–water partition coefficient (Wildman–Crippen LogP) is 1.77. The Morgan fingerprint density at radius 3 is 2.65 bits per heavy atom. The van der Waals surface area contributed by atoms with Gasteiger partial charge in [-0.05, 0) is 31.5 Å². The van der Waals surface area contributed by atoms with Crippen LogP contribution in [0.2, 0.25) is 0 Å². The van der Waals surface area contributed by atoms with Crippen LogP contribution in [0, 0.1) is 13.8 Å². The number of aromatic nitrogens is 2. The highest BCUT2D eigenvalue weighted by molar-refractivity contribution is 6.07. The molecule has 5 heteroatoms. The van der Waals surface area contributed by atoms with Crippen LogP contribution in [0.3, 0.4) is 0 Å². The summed E-state index contributed by atoms with van der Waals surface area (Å²) in [6.07, 6.45) is 0. The van der Waals surface area contributed by atoms with Crippen LogP contribution < -0.4 is 10.6 Å². The van der Waals surface area contributed by atoms with Crippen molar-refractivity contribution in [3.8, 4) is 0 Å². The number of amides is 1. The topological polar surface area (TPSA) is 64.2 Å². The maximum Gasteiger partial charge on any atom is 0.261 e. The number of rotatable bonds is 3. The van der Waals surface area contributed by atoms with E-state index in [1.807, 2.05) is 45.2 Å². The van der Waals surface area contributed by atoms with E-state index in [0.717, 1.165) is 22.6 Å². The van der Waals surface area contributed by atoms with Crippen LogP contribution in [-0.4, -0.2) is 22.7 Å². The number of nitrogens with zero attached hydrogens (tertiary/aromatic N) is 3. The van der Waals surface area contributed by atoms with Crippen LogP contribution in [0.4, 0.5) is 5.69 Å². The Labute approximate surface area is 119 Å². The lowest BCUT2D eigenvalue weighted by Crippen LogP contribution is -2.27. The largest absolute Gasteiger partial charge is 0.326 e. The van der Waals surface area contributed by atoms with Gasteiger partial charge in [0, 0.05) is 32.0 Å². The Hall–Kier alpha value is -2.14. The Bertz CT molecular complexity index is 645. The van der Waals surface area contributed by atoms with E-state index in [9.17, 15) is 4.79 Å². The molecule has 0 atom stereocenters. The molecule has 0 saturated heterocycles. The molecule has 0 fully saturated rings. The highest BCUT2D eigenvalue weighted by atomic mass is 16.2. The molecule has 0 radical (unpaired) electrons. The summed E-state index contributed by atoms with van der Waals surface area (Å²) in [6, 6.07) is 7.68. The number of hydrogen-bond acceptors (Lipinski definition) is 3. The fourth-order valence-electron chi connectivity index (χ4n) is 2.26. The summed E-state index contributed by atoms with van der Waals surface area (Å²) < 4.78 is 1.73. The Kier molecular flexibility index (Phi) is 3.90. The molecular formula is C15H20N4O. The maximum atomic E-state index is 12.6. The lowest BCUT2D eigenvalue weighted by Gasteiger charge is -2.18. The molecule has 2 rings (SSSR count). The number of nitrogens with two attached hydrogens (primary N) is 1. The summed E-state index contributed by atoms with van der Waals surface area (Å²) >= 11 is 0. The number of hydrogen-bond donors (Lipinski definition) is 1. The molecule has 106 valence electrons. The second-order valence-corrected chi connectivity index (χ2v) is 4.91. The first-order chi connectivity index (χ1) is 9.45. The number of anilines is 1. The van der Waals surface area contributed by atoms with Gasteiger partial charge in [-0.3, -0.25) is 9.48 Å². The molecule has 0 unspecified atom stereocenters. The van der Waals surface area contributed by atoms with E-state index in [2.05, 4.69) is 5.10 Å². The van der Waals surface area contributed by atoms with Gasteiger partial charge in [-0.2, -0.15) is 5.10 Å². The Morgan fingerprint density at radius 2 is 2.10 bits per heavy atom. The van der Waals surface area contributed by atoms with Crippen molar-refractivity contribution in [2.24, 2.45) is 12.8 Å². The minimum Gasteiger partial charge on any atom is -0.326 e. The van der Waals surface area contributed by atoms with Gasteiger partial charge in [-0.1, -0.05) is 12.1 Å². The van der Waals surface area contributed by atoms with Gasteiger partial charge >= 0.3 is 0 Å². The zero-order chi connectivity index (χ0) is 14.9. The Balaban J connectivity index is 2.37. The molecule has 0 bridgehead atoms. The minimum absolute atomic E-state index is 0.0535. The zero-order valence-corrected chi connectivity index (χ0v) is 12.3. The van der Waals surface area contributed by atoms with Crippen LogP contribution in [-0.2, 0) is 13.6 Å². The molecule has 0 aliphatic rings. The molecule has 0 spiro atoms. The number of carbonyl (C=O) groups is 1. The van der Waals surface area contributed by atoms with E-state index in [-0.39, 0.29) is 5.91 Å². The first kappa shape index (κ1) is 14.3. The normalized spacial score (nSPS) is 10.7. The summed E-state index contributed by atoms with van der Waals surface area (Å²) in [5, 5.41) is 4.29. The monoisotopic (exact) mass is 272 g/mol. The highest BCUT2D eigenvalue weighted by Crippen LogP contribution is 2.20. The highest BCUT2D eigenvalue weighted by Gasteiger charge is 2.21. The minimum atomic E-state index is -0.0535. The molecule has 2 aromatic rings. The molecule has 5 nitrogen and oxygen atoms in total. The molecule has 1 aromatic carbocycles. The summed E-state index contributed by atoms with van der Waals surface area (Å²) in [7, 11) is 3.61. The van der Waals surface area contributed by atoms with Gasteiger partial charge in [0.05, 0.1) is 11.3 Å². The predicted molar refractivity (Wildman–Crippen MR) is 79.7 cm³/mol. The summed E-state index contributed by atoms with van der Waals surface area (Å²) in [4.78, 5) is 14.3. The molecule has 1 amide bonds. The van der Waals surface area contributed by atoms with Crippen molar-refractivity contribution >= 4 is 11.6 Å². The third-order valence-electron chi connectivity index (χ3n) is 3.56. The van der Waals surface area contributed by atoms with Gasteiger partial charge in [0.15, 0.2) is 0 Å². The molecule has 0 aliphatic carbocycles. The van der Waals surface area contributed by atoms with Crippen LogP contribution in [0.15, 0.2) is 24.3 Å². The average Bonchev–Trinajstić information content (AvgIpc) is 2.70. The summed E-state index contributed by atoms with van der Waals surface area (Å²) in [5.74, 6) is -0.0535. The van der Waals surface area contributed by atoms with E-state index >= 15 is 0 Å². The molecule has 1 heterocycles. The van der Waals surface area contributed by atoms with Crippen LogP contribution in [0.25, 0.3) is 0 Å². The molecule has 0 saturated carbocycles.